The van der Waals surface area contributed by atoms with Crippen molar-refractivity contribution >= 4 is 55.5 Å². The average molecular weight is 515 g/mol. The predicted molar refractivity (Wildman–Crippen MR) is 130 cm³/mol. The quantitative estimate of drug-likeness (QED) is 0.528. The third-order valence-electron chi connectivity index (χ3n) is 5.37. The number of amides is 1. The van der Waals surface area contributed by atoms with Crippen LogP contribution in [0.4, 0.5) is 10.7 Å². The van der Waals surface area contributed by atoms with Gasteiger partial charge in [0.25, 0.3) is 0 Å². The minimum absolute atomic E-state index is 0.215. The van der Waals surface area contributed by atoms with E-state index in [1.807, 2.05) is 0 Å². The Balaban J connectivity index is 1.95. The van der Waals surface area contributed by atoms with Crippen molar-refractivity contribution in [2.75, 3.05) is 29.6 Å². The summed E-state index contributed by atoms with van der Waals surface area (Å²) in [7, 11) is -2.39. The molecule has 0 spiro atoms. The molecule has 1 atom stereocenters. The predicted octanol–water partition coefficient (Wildman–Crippen LogP) is 4.26. The summed E-state index contributed by atoms with van der Waals surface area (Å²) in [6.45, 7) is 3.42. The molecule has 1 amide bonds. The van der Waals surface area contributed by atoms with Gasteiger partial charge >= 0.3 is 5.97 Å². The van der Waals surface area contributed by atoms with Gasteiger partial charge in [0, 0.05) is 4.88 Å². The number of aryl methyl sites for hydroxylation is 1. The zero-order valence-corrected chi connectivity index (χ0v) is 21.3. The van der Waals surface area contributed by atoms with E-state index in [4.69, 9.17) is 21.1 Å². The van der Waals surface area contributed by atoms with Gasteiger partial charge in [-0.3, -0.25) is 9.10 Å². The number of esters is 1. The minimum Gasteiger partial charge on any atom is -0.495 e. The zero-order valence-electron chi connectivity index (χ0n) is 18.9. The van der Waals surface area contributed by atoms with Crippen LogP contribution < -0.4 is 14.4 Å². The van der Waals surface area contributed by atoms with E-state index < -0.39 is 27.9 Å². The second-order valence-electron chi connectivity index (χ2n) is 7.68. The highest BCUT2D eigenvalue weighted by Gasteiger charge is 2.32. The second kappa shape index (κ2) is 10.3. The number of thiophene rings is 1. The maximum atomic E-state index is 13.2. The molecule has 1 aromatic heterocycles. The first kappa shape index (κ1) is 25.3. The van der Waals surface area contributed by atoms with E-state index in [1.54, 1.807) is 6.92 Å². The standard InChI is InChI=1S/C22H27ClN2O6S2/c1-5-31-22(27)19-15-8-6-7-9-18(15)32-21(19)24-20(26)13(2)25(33(4,28)29)14-10-11-17(30-3)16(23)12-14/h10-13H,5-9H2,1-4H3,(H,24,26)/t13-/m0/s1. The number of hydrogen-bond donors (Lipinski definition) is 1. The van der Waals surface area contributed by atoms with Gasteiger partial charge in [-0.1, -0.05) is 11.6 Å². The number of nitrogens with zero attached hydrogens (tertiary/aromatic N) is 1. The first-order chi connectivity index (χ1) is 15.6. The second-order valence-corrected chi connectivity index (χ2v) is 11.1. The van der Waals surface area contributed by atoms with E-state index in [0.29, 0.717) is 16.3 Å². The van der Waals surface area contributed by atoms with Crippen LogP contribution in [0.3, 0.4) is 0 Å². The molecule has 0 saturated carbocycles. The third-order valence-corrected chi connectivity index (χ3v) is 8.11. The molecule has 0 fully saturated rings. The number of benzene rings is 1. The van der Waals surface area contributed by atoms with Crippen molar-refractivity contribution in [2.45, 2.75) is 45.6 Å². The molecule has 1 aromatic carbocycles. The molecule has 33 heavy (non-hydrogen) atoms. The van der Waals surface area contributed by atoms with E-state index >= 15 is 0 Å². The third kappa shape index (κ3) is 5.44. The van der Waals surface area contributed by atoms with Crippen LogP contribution in [-0.4, -0.2) is 46.3 Å². The molecule has 11 heteroatoms. The smallest absolute Gasteiger partial charge is 0.341 e. The Morgan fingerprint density at radius 3 is 2.58 bits per heavy atom. The lowest BCUT2D eigenvalue weighted by Crippen LogP contribution is -2.45. The minimum atomic E-state index is -3.84. The number of rotatable bonds is 8. The Labute approximate surface area is 202 Å². The Morgan fingerprint density at radius 2 is 1.97 bits per heavy atom. The van der Waals surface area contributed by atoms with Crippen LogP contribution in [-0.2, 0) is 32.4 Å². The Hall–Kier alpha value is -2.30. The zero-order chi connectivity index (χ0) is 24.3. The number of ether oxygens (including phenoxy) is 2. The molecular formula is C22H27ClN2O6S2. The molecule has 3 rings (SSSR count). The van der Waals surface area contributed by atoms with Crippen LogP contribution in [0.5, 0.6) is 5.75 Å². The van der Waals surface area contributed by atoms with E-state index in [0.717, 1.165) is 46.7 Å². The van der Waals surface area contributed by atoms with Crippen molar-refractivity contribution in [3.8, 4) is 5.75 Å². The van der Waals surface area contributed by atoms with Crippen molar-refractivity contribution < 1.29 is 27.5 Å². The van der Waals surface area contributed by atoms with Crippen LogP contribution >= 0.6 is 22.9 Å². The van der Waals surface area contributed by atoms with Gasteiger partial charge < -0.3 is 14.8 Å². The van der Waals surface area contributed by atoms with Crippen LogP contribution in [0, 0.1) is 0 Å². The summed E-state index contributed by atoms with van der Waals surface area (Å²) >= 11 is 7.53. The summed E-state index contributed by atoms with van der Waals surface area (Å²) < 4.78 is 36.6. The molecule has 2 aromatic rings. The molecule has 0 saturated heterocycles. The van der Waals surface area contributed by atoms with Crippen LogP contribution in [0.2, 0.25) is 5.02 Å². The molecule has 0 bridgehead atoms. The van der Waals surface area contributed by atoms with Crippen molar-refractivity contribution in [2.24, 2.45) is 0 Å². The Morgan fingerprint density at radius 1 is 1.27 bits per heavy atom. The fourth-order valence-corrected chi connectivity index (χ4v) is 6.59. The van der Waals surface area contributed by atoms with Crippen molar-refractivity contribution in [1.82, 2.24) is 0 Å². The molecule has 180 valence electrons. The molecule has 1 N–H and O–H groups in total. The summed E-state index contributed by atoms with van der Waals surface area (Å²) in [6, 6.07) is 3.37. The van der Waals surface area contributed by atoms with E-state index in [1.165, 1.54) is 43.6 Å². The molecule has 1 heterocycles. The van der Waals surface area contributed by atoms with Crippen molar-refractivity contribution in [1.29, 1.82) is 0 Å². The molecule has 0 unspecified atom stereocenters. The Kier molecular flexibility index (Phi) is 7.92. The number of methoxy groups -OCH3 is 1. The highest BCUT2D eigenvalue weighted by Crippen LogP contribution is 2.39. The average Bonchev–Trinajstić information content (AvgIpc) is 3.11. The van der Waals surface area contributed by atoms with Gasteiger partial charge in [-0.2, -0.15) is 0 Å². The summed E-state index contributed by atoms with van der Waals surface area (Å²) in [5.41, 5.74) is 1.51. The van der Waals surface area contributed by atoms with E-state index in [9.17, 15) is 18.0 Å². The number of hydrogen-bond acceptors (Lipinski definition) is 7. The van der Waals surface area contributed by atoms with Gasteiger partial charge in [-0.15, -0.1) is 11.3 Å². The molecule has 1 aliphatic rings. The van der Waals surface area contributed by atoms with Crippen molar-refractivity contribution in [3.05, 3.63) is 39.2 Å². The first-order valence-electron chi connectivity index (χ1n) is 10.5. The fourth-order valence-electron chi connectivity index (χ4n) is 3.89. The lowest BCUT2D eigenvalue weighted by molar-refractivity contribution is -0.116. The summed E-state index contributed by atoms with van der Waals surface area (Å²) in [5, 5.41) is 3.38. The first-order valence-corrected chi connectivity index (χ1v) is 13.6. The number of anilines is 2. The molecule has 1 aliphatic carbocycles. The number of sulfonamides is 1. The maximum absolute atomic E-state index is 13.2. The summed E-state index contributed by atoms with van der Waals surface area (Å²) in [6.07, 6.45) is 4.56. The van der Waals surface area contributed by atoms with Gasteiger partial charge in [0.2, 0.25) is 15.9 Å². The van der Waals surface area contributed by atoms with E-state index in [2.05, 4.69) is 5.32 Å². The fraction of sp³-hybridized carbons (Fsp3) is 0.455. The van der Waals surface area contributed by atoms with Gasteiger partial charge in [0.15, 0.2) is 0 Å². The van der Waals surface area contributed by atoms with Crippen LogP contribution in [0.1, 0.15) is 47.5 Å². The molecular weight excluding hydrogens is 488 g/mol. The monoisotopic (exact) mass is 514 g/mol. The topological polar surface area (TPSA) is 102 Å². The molecule has 0 aliphatic heterocycles. The maximum Gasteiger partial charge on any atom is 0.341 e. The van der Waals surface area contributed by atoms with Gasteiger partial charge in [0.05, 0.1) is 36.2 Å². The SMILES string of the molecule is CCOC(=O)c1c(NC(=O)[C@H](C)N(c2ccc(OC)c(Cl)c2)S(C)(=O)=O)sc2c1CCCC2. The van der Waals surface area contributed by atoms with E-state index in [-0.39, 0.29) is 17.3 Å². The lowest BCUT2D eigenvalue weighted by atomic mass is 9.95. The highest BCUT2D eigenvalue weighted by molar-refractivity contribution is 7.92. The number of halogens is 1. The molecule has 8 nitrogen and oxygen atoms in total. The normalized spacial score (nSPS) is 14.2. The number of carbonyl (C=O) groups excluding carboxylic acids is 2. The van der Waals surface area contributed by atoms with Gasteiger partial charge in [-0.05, 0) is 63.3 Å². The Bertz CT molecular complexity index is 1160. The largest absolute Gasteiger partial charge is 0.495 e. The highest BCUT2D eigenvalue weighted by atomic mass is 35.5. The number of nitrogens with one attached hydrogen (secondary N) is 1. The van der Waals surface area contributed by atoms with Gasteiger partial charge in [-0.25, -0.2) is 13.2 Å². The van der Waals surface area contributed by atoms with Crippen LogP contribution in [0.25, 0.3) is 0 Å². The van der Waals surface area contributed by atoms with Crippen LogP contribution in [0.15, 0.2) is 18.2 Å². The van der Waals surface area contributed by atoms with Gasteiger partial charge in [0.1, 0.15) is 16.8 Å². The number of carbonyl (C=O) groups is 2. The van der Waals surface area contributed by atoms with Crippen molar-refractivity contribution in [3.63, 3.8) is 0 Å². The summed E-state index contributed by atoms with van der Waals surface area (Å²) in [5.74, 6) is -0.674. The summed E-state index contributed by atoms with van der Waals surface area (Å²) in [4.78, 5) is 26.9. The lowest BCUT2D eigenvalue weighted by Gasteiger charge is -2.28. The number of fused-ring (bicyclic) bond motifs is 1. The molecule has 0 radical (unpaired) electrons.